The number of aromatic nitrogens is 1. The molecule has 0 saturated heterocycles. The molecule has 94 valence electrons. The molecular formula is C12H13N3O2S. The van der Waals surface area contributed by atoms with E-state index in [-0.39, 0.29) is 5.84 Å². The topological polar surface area (TPSA) is 84.6 Å². The highest BCUT2D eigenvalue weighted by atomic mass is 32.2. The highest BCUT2D eigenvalue weighted by Gasteiger charge is 2.03. The molecule has 0 unspecified atom stereocenters. The number of thioether (sulfide) groups is 1. The van der Waals surface area contributed by atoms with Crippen LogP contribution in [0.1, 0.15) is 16.8 Å². The molecule has 0 spiro atoms. The average molecular weight is 263 g/mol. The van der Waals surface area contributed by atoms with Crippen LogP contribution in [0.4, 0.5) is 0 Å². The maximum Gasteiger partial charge on any atom is 0.256 e. The number of oxazole rings is 1. The van der Waals surface area contributed by atoms with Crippen LogP contribution in [0, 0.1) is 6.92 Å². The third-order valence-electron chi connectivity index (χ3n) is 2.32. The van der Waals surface area contributed by atoms with E-state index in [1.807, 2.05) is 31.2 Å². The van der Waals surface area contributed by atoms with Gasteiger partial charge in [0.1, 0.15) is 6.26 Å². The summed E-state index contributed by atoms with van der Waals surface area (Å²) in [7, 11) is 0. The molecule has 0 aliphatic rings. The Morgan fingerprint density at radius 1 is 1.44 bits per heavy atom. The van der Waals surface area contributed by atoms with Crippen molar-refractivity contribution in [2.75, 3.05) is 0 Å². The summed E-state index contributed by atoms with van der Waals surface area (Å²) in [5, 5.41) is 12.2. The van der Waals surface area contributed by atoms with Crippen LogP contribution >= 0.6 is 11.8 Å². The van der Waals surface area contributed by atoms with Gasteiger partial charge in [-0.3, -0.25) is 0 Å². The van der Waals surface area contributed by atoms with Crippen molar-refractivity contribution in [3.8, 4) is 0 Å². The third kappa shape index (κ3) is 3.04. The van der Waals surface area contributed by atoms with Crippen molar-refractivity contribution in [1.29, 1.82) is 0 Å². The molecule has 0 amide bonds. The lowest BCUT2D eigenvalue weighted by molar-refractivity contribution is 0.318. The van der Waals surface area contributed by atoms with E-state index in [0.29, 0.717) is 10.8 Å². The van der Waals surface area contributed by atoms with Gasteiger partial charge < -0.3 is 15.4 Å². The summed E-state index contributed by atoms with van der Waals surface area (Å²) in [6.45, 7) is 1.89. The number of amidine groups is 1. The number of oxime groups is 1. The van der Waals surface area contributed by atoms with Gasteiger partial charge in [0.05, 0.1) is 5.69 Å². The molecule has 0 saturated carbocycles. The highest BCUT2D eigenvalue weighted by molar-refractivity contribution is 7.98. The number of benzene rings is 1. The van der Waals surface area contributed by atoms with Gasteiger partial charge in [-0.25, -0.2) is 4.98 Å². The largest absolute Gasteiger partial charge is 0.440 e. The molecule has 0 bridgehead atoms. The molecule has 0 aliphatic heterocycles. The first-order valence-electron chi connectivity index (χ1n) is 5.31. The summed E-state index contributed by atoms with van der Waals surface area (Å²) in [5.41, 5.74) is 8.17. The van der Waals surface area contributed by atoms with Crippen molar-refractivity contribution in [3.63, 3.8) is 0 Å². The second-order valence-electron chi connectivity index (χ2n) is 3.73. The fraction of sp³-hybridized carbons (Fsp3) is 0.167. The molecule has 0 radical (unpaired) electrons. The second-order valence-corrected chi connectivity index (χ2v) is 4.65. The zero-order valence-electron chi connectivity index (χ0n) is 9.83. The van der Waals surface area contributed by atoms with Crippen LogP contribution in [0.25, 0.3) is 0 Å². The Morgan fingerprint density at radius 3 is 2.72 bits per heavy atom. The van der Waals surface area contributed by atoms with Crippen molar-refractivity contribution in [2.24, 2.45) is 10.9 Å². The number of nitrogens with zero attached hydrogens (tertiary/aromatic N) is 2. The van der Waals surface area contributed by atoms with E-state index in [4.69, 9.17) is 15.4 Å². The van der Waals surface area contributed by atoms with Crippen molar-refractivity contribution in [2.45, 2.75) is 17.9 Å². The van der Waals surface area contributed by atoms with Crippen LogP contribution in [0.15, 0.2) is 45.3 Å². The molecule has 3 N–H and O–H groups in total. The molecule has 0 fully saturated rings. The Hall–Kier alpha value is -1.95. The summed E-state index contributed by atoms with van der Waals surface area (Å²) >= 11 is 1.53. The standard InChI is InChI=1S/C12H13N3O2S/c1-8-6-17-12(14-8)18-7-9-2-4-10(5-3-9)11(13)15-16/h2-6,16H,7H2,1H3,(H2,13,15). The average Bonchev–Trinajstić information content (AvgIpc) is 2.82. The fourth-order valence-electron chi connectivity index (χ4n) is 1.37. The number of hydrogen-bond acceptors (Lipinski definition) is 5. The van der Waals surface area contributed by atoms with Crippen LogP contribution in [-0.4, -0.2) is 16.0 Å². The van der Waals surface area contributed by atoms with Crippen molar-refractivity contribution >= 4 is 17.6 Å². The van der Waals surface area contributed by atoms with Gasteiger partial charge in [0.2, 0.25) is 0 Å². The predicted molar refractivity (Wildman–Crippen MR) is 69.8 cm³/mol. The molecule has 18 heavy (non-hydrogen) atoms. The normalized spacial score (nSPS) is 11.7. The first-order valence-corrected chi connectivity index (χ1v) is 6.29. The lowest BCUT2D eigenvalue weighted by atomic mass is 10.1. The maximum absolute atomic E-state index is 8.55. The van der Waals surface area contributed by atoms with Gasteiger partial charge in [-0.1, -0.05) is 41.2 Å². The van der Waals surface area contributed by atoms with Gasteiger partial charge in [-0.15, -0.1) is 0 Å². The summed E-state index contributed by atoms with van der Waals surface area (Å²) in [6, 6.07) is 7.48. The minimum Gasteiger partial charge on any atom is -0.440 e. The minimum absolute atomic E-state index is 0.109. The first kappa shape index (κ1) is 12.5. The molecule has 2 rings (SSSR count). The summed E-state index contributed by atoms with van der Waals surface area (Å²) in [4.78, 5) is 4.21. The Bertz CT molecular complexity index is 549. The lowest BCUT2D eigenvalue weighted by Crippen LogP contribution is -2.12. The van der Waals surface area contributed by atoms with Crippen LogP contribution in [0.3, 0.4) is 0 Å². The van der Waals surface area contributed by atoms with Gasteiger partial charge in [-0.05, 0) is 12.5 Å². The minimum atomic E-state index is 0.109. The third-order valence-corrected chi connectivity index (χ3v) is 3.23. The Balaban J connectivity index is 1.98. The van der Waals surface area contributed by atoms with Gasteiger partial charge in [-0.2, -0.15) is 0 Å². The Labute approximate surface area is 109 Å². The predicted octanol–water partition coefficient (Wildman–Crippen LogP) is 2.37. The van der Waals surface area contributed by atoms with Gasteiger partial charge in [0.25, 0.3) is 5.22 Å². The maximum atomic E-state index is 8.55. The van der Waals surface area contributed by atoms with Crippen LogP contribution < -0.4 is 5.73 Å². The second kappa shape index (κ2) is 5.59. The summed E-state index contributed by atoms with van der Waals surface area (Å²) < 4.78 is 5.25. The molecule has 0 aliphatic carbocycles. The van der Waals surface area contributed by atoms with Crippen molar-refractivity contribution in [3.05, 3.63) is 47.3 Å². The van der Waals surface area contributed by atoms with E-state index in [9.17, 15) is 0 Å². The molecule has 1 aromatic carbocycles. The number of aryl methyl sites for hydroxylation is 1. The highest BCUT2D eigenvalue weighted by Crippen LogP contribution is 2.21. The van der Waals surface area contributed by atoms with Crippen LogP contribution in [-0.2, 0) is 5.75 Å². The SMILES string of the molecule is Cc1coc(SCc2ccc(/C(N)=N/O)cc2)n1. The molecule has 2 aromatic rings. The lowest BCUT2D eigenvalue weighted by Gasteiger charge is -2.01. The quantitative estimate of drug-likeness (QED) is 0.291. The van der Waals surface area contributed by atoms with E-state index in [1.54, 1.807) is 6.26 Å². The van der Waals surface area contributed by atoms with E-state index in [1.165, 1.54) is 11.8 Å². The number of hydrogen-bond donors (Lipinski definition) is 2. The fourth-order valence-corrected chi connectivity index (χ4v) is 2.18. The molecule has 1 aromatic heterocycles. The van der Waals surface area contributed by atoms with E-state index < -0.39 is 0 Å². The molecule has 0 atom stereocenters. The monoisotopic (exact) mass is 263 g/mol. The smallest absolute Gasteiger partial charge is 0.256 e. The Morgan fingerprint density at radius 2 is 2.17 bits per heavy atom. The number of nitrogens with two attached hydrogens (primary N) is 1. The first-order chi connectivity index (χ1) is 8.69. The van der Waals surface area contributed by atoms with E-state index in [2.05, 4.69) is 10.1 Å². The number of rotatable bonds is 4. The molecule has 1 heterocycles. The summed E-state index contributed by atoms with van der Waals surface area (Å²) in [5.74, 6) is 0.869. The van der Waals surface area contributed by atoms with Crippen LogP contribution in [0.5, 0.6) is 0 Å². The molecular weight excluding hydrogens is 250 g/mol. The zero-order chi connectivity index (χ0) is 13.0. The van der Waals surface area contributed by atoms with Gasteiger partial charge in [0, 0.05) is 11.3 Å². The van der Waals surface area contributed by atoms with Gasteiger partial charge in [0.15, 0.2) is 5.84 Å². The van der Waals surface area contributed by atoms with Crippen molar-refractivity contribution in [1.82, 2.24) is 4.98 Å². The molecule has 6 heteroatoms. The zero-order valence-corrected chi connectivity index (χ0v) is 10.6. The van der Waals surface area contributed by atoms with E-state index in [0.717, 1.165) is 17.0 Å². The van der Waals surface area contributed by atoms with Gasteiger partial charge >= 0.3 is 0 Å². The summed E-state index contributed by atoms with van der Waals surface area (Å²) in [6.07, 6.45) is 1.63. The molecule has 5 nitrogen and oxygen atoms in total. The van der Waals surface area contributed by atoms with Crippen LogP contribution in [0.2, 0.25) is 0 Å². The Kier molecular flexibility index (Phi) is 3.88. The van der Waals surface area contributed by atoms with E-state index >= 15 is 0 Å². The van der Waals surface area contributed by atoms with Crippen molar-refractivity contribution < 1.29 is 9.62 Å².